The lowest BCUT2D eigenvalue weighted by atomic mass is 10.1. The van der Waals surface area contributed by atoms with E-state index in [2.05, 4.69) is 21.5 Å². The maximum absolute atomic E-state index is 13.7. The number of nitrogens with one attached hydrogen (secondary N) is 1. The van der Waals surface area contributed by atoms with Gasteiger partial charge in [-0.05, 0) is 25.5 Å². The van der Waals surface area contributed by atoms with Gasteiger partial charge in [0, 0.05) is 24.4 Å². The summed E-state index contributed by atoms with van der Waals surface area (Å²) in [6, 6.07) is 15.2. The summed E-state index contributed by atoms with van der Waals surface area (Å²) in [5, 5.41) is 0. The zero-order chi connectivity index (χ0) is 22.2. The van der Waals surface area contributed by atoms with Crippen molar-refractivity contribution in [2.45, 2.75) is 19.4 Å². The molecule has 0 unspecified atom stereocenters. The van der Waals surface area contributed by atoms with E-state index in [4.69, 9.17) is 9.72 Å². The second-order valence-electron chi connectivity index (χ2n) is 7.95. The lowest BCUT2D eigenvalue weighted by molar-refractivity contribution is 0.0733. The van der Waals surface area contributed by atoms with E-state index in [0.29, 0.717) is 30.0 Å². The lowest BCUT2D eigenvalue weighted by Gasteiger charge is -2.23. The van der Waals surface area contributed by atoms with Crippen molar-refractivity contribution in [2.75, 3.05) is 13.7 Å². The average Bonchev–Trinajstić information content (AvgIpc) is 3.41. The summed E-state index contributed by atoms with van der Waals surface area (Å²) in [4.78, 5) is 32.6. The third kappa shape index (κ3) is 3.51. The van der Waals surface area contributed by atoms with Crippen molar-refractivity contribution in [3.8, 4) is 17.0 Å². The molecule has 1 atom stereocenters. The smallest absolute Gasteiger partial charge is 0.258 e. The molecule has 4 aromatic rings. The van der Waals surface area contributed by atoms with E-state index in [9.17, 15) is 4.79 Å². The number of benzene rings is 2. The van der Waals surface area contributed by atoms with Gasteiger partial charge >= 0.3 is 0 Å². The number of imidazole rings is 1. The number of likely N-dealkylation sites (tertiary alicyclic amines) is 1. The minimum Gasteiger partial charge on any atom is -0.497 e. The van der Waals surface area contributed by atoms with Crippen molar-refractivity contribution < 1.29 is 9.53 Å². The van der Waals surface area contributed by atoms with Crippen LogP contribution >= 0.6 is 0 Å². The highest BCUT2D eigenvalue weighted by molar-refractivity contribution is 6.00. The zero-order valence-electron chi connectivity index (χ0n) is 18.0. The number of rotatable bonds is 4. The summed E-state index contributed by atoms with van der Waals surface area (Å²) in [5.41, 5.74) is 4.66. The number of ether oxygens (including phenoxy) is 1. The van der Waals surface area contributed by atoms with Crippen LogP contribution in [-0.4, -0.2) is 44.4 Å². The quantitative estimate of drug-likeness (QED) is 0.488. The summed E-state index contributed by atoms with van der Waals surface area (Å²) in [7, 11) is 1.63. The first-order valence-corrected chi connectivity index (χ1v) is 10.4. The van der Waals surface area contributed by atoms with Crippen molar-refractivity contribution in [1.29, 1.82) is 0 Å². The highest BCUT2D eigenvalue weighted by Gasteiger charge is 2.36. The molecule has 0 spiro atoms. The molecule has 1 aliphatic heterocycles. The minimum absolute atomic E-state index is 0.134. The standard InChI is InChI=1S/C25H23N5O2/c1-15-11-22(24-28-20-10-9-18(32-3)12-21(20)29-24)30(14-15)25(31)19-13-26-16(2)27-23(19)17-7-5-4-6-8-17/h4-10,12-13,22H,1,11,14H2,2-3H3,(H,28,29)/t22-/m0/s1. The van der Waals surface area contributed by atoms with Crippen LogP contribution in [0, 0.1) is 6.92 Å². The molecule has 160 valence electrons. The van der Waals surface area contributed by atoms with E-state index in [1.54, 1.807) is 18.2 Å². The van der Waals surface area contributed by atoms with E-state index in [0.717, 1.165) is 33.7 Å². The van der Waals surface area contributed by atoms with Gasteiger partial charge in [-0.15, -0.1) is 0 Å². The fraction of sp³-hybridized carbons (Fsp3) is 0.200. The highest BCUT2D eigenvalue weighted by Crippen LogP contribution is 2.36. The van der Waals surface area contributed by atoms with Crippen molar-refractivity contribution in [3.63, 3.8) is 0 Å². The average molecular weight is 425 g/mol. The van der Waals surface area contributed by atoms with Crippen LogP contribution < -0.4 is 4.74 Å². The molecular weight excluding hydrogens is 402 g/mol. The van der Waals surface area contributed by atoms with Gasteiger partial charge in [-0.1, -0.05) is 42.5 Å². The fourth-order valence-electron chi connectivity index (χ4n) is 4.14. The maximum Gasteiger partial charge on any atom is 0.258 e. The van der Waals surface area contributed by atoms with Crippen molar-refractivity contribution in [1.82, 2.24) is 24.8 Å². The molecule has 1 fully saturated rings. The Morgan fingerprint density at radius 3 is 2.78 bits per heavy atom. The number of fused-ring (bicyclic) bond motifs is 1. The first-order valence-electron chi connectivity index (χ1n) is 10.4. The topological polar surface area (TPSA) is 84.0 Å². The number of aromatic amines is 1. The maximum atomic E-state index is 13.7. The summed E-state index contributed by atoms with van der Waals surface area (Å²) in [6.45, 7) is 6.43. The Bertz CT molecular complexity index is 1330. The molecule has 0 saturated carbocycles. The van der Waals surface area contributed by atoms with Gasteiger partial charge in [-0.25, -0.2) is 15.0 Å². The van der Waals surface area contributed by atoms with E-state index in [1.807, 2.05) is 55.5 Å². The van der Waals surface area contributed by atoms with Gasteiger partial charge in [0.25, 0.3) is 5.91 Å². The van der Waals surface area contributed by atoms with E-state index < -0.39 is 0 Å². The van der Waals surface area contributed by atoms with E-state index in [-0.39, 0.29) is 11.9 Å². The number of methoxy groups -OCH3 is 1. The Hall–Kier alpha value is -4.00. The third-order valence-electron chi connectivity index (χ3n) is 5.72. The van der Waals surface area contributed by atoms with Gasteiger partial charge in [-0.2, -0.15) is 0 Å². The minimum atomic E-state index is -0.238. The van der Waals surface area contributed by atoms with Crippen LogP contribution in [0.1, 0.15) is 34.5 Å². The first-order chi connectivity index (χ1) is 15.5. The summed E-state index contributed by atoms with van der Waals surface area (Å²) in [6.07, 6.45) is 2.27. The predicted molar refractivity (Wildman–Crippen MR) is 122 cm³/mol. The van der Waals surface area contributed by atoms with Crippen molar-refractivity contribution in [2.24, 2.45) is 0 Å². The molecule has 2 aromatic heterocycles. The Kier molecular flexibility index (Phi) is 4.93. The molecule has 2 aromatic carbocycles. The molecule has 5 rings (SSSR count). The summed E-state index contributed by atoms with van der Waals surface area (Å²) in [5.74, 6) is 1.96. The van der Waals surface area contributed by atoms with Gasteiger partial charge in [0.15, 0.2) is 0 Å². The molecule has 32 heavy (non-hydrogen) atoms. The number of hydrogen-bond donors (Lipinski definition) is 1. The van der Waals surface area contributed by atoms with Crippen LogP contribution in [0.5, 0.6) is 5.75 Å². The lowest BCUT2D eigenvalue weighted by Crippen LogP contribution is -2.32. The Labute approximate surface area is 185 Å². The van der Waals surface area contributed by atoms with E-state index in [1.165, 1.54) is 0 Å². The fourth-order valence-corrected chi connectivity index (χ4v) is 4.14. The largest absolute Gasteiger partial charge is 0.497 e. The second-order valence-corrected chi connectivity index (χ2v) is 7.95. The van der Waals surface area contributed by atoms with Crippen LogP contribution in [0.15, 0.2) is 66.9 Å². The third-order valence-corrected chi connectivity index (χ3v) is 5.72. The molecule has 1 saturated heterocycles. The summed E-state index contributed by atoms with van der Waals surface area (Å²) >= 11 is 0. The second kappa shape index (κ2) is 7.92. The number of hydrogen-bond acceptors (Lipinski definition) is 5. The SMILES string of the molecule is C=C1C[C@@H](c2nc3cc(OC)ccc3[nH]2)N(C(=O)c2cnc(C)nc2-c2ccccc2)C1. The van der Waals surface area contributed by atoms with Crippen LogP contribution in [0.2, 0.25) is 0 Å². The number of aromatic nitrogens is 4. The van der Waals surface area contributed by atoms with Gasteiger partial charge in [0.2, 0.25) is 0 Å². The van der Waals surface area contributed by atoms with Gasteiger partial charge < -0.3 is 14.6 Å². The van der Waals surface area contributed by atoms with Crippen LogP contribution in [-0.2, 0) is 0 Å². The highest BCUT2D eigenvalue weighted by atomic mass is 16.5. The number of aryl methyl sites for hydroxylation is 1. The molecule has 3 heterocycles. The Balaban J connectivity index is 1.54. The number of amides is 1. The molecule has 1 amide bonds. The Morgan fingerprint density at radius 1 is 1.19 bits per heavy atom. The zero-order valence-corrected chi connectivity index (χ0v) is 18.0. The van der Waals surface area contributed by atoms with Crippen LogP contribution in [0.25, 0.3) is 22.3 Å². The first kappa shape index (κ1) is 19.9. The van der Waals surface area contributed by atoms with Gasteiger partial charge in [0.1, 0.15) is 17.4 Å². The van der Waals surface area contributed by atoms with Crippen LogP contribution in [0.3, 0.4) is 0 Å². The van der Waals surface area contributed by atoms with Crippen LogP contribution in [0.4, 0.5) is 0 Å². The van der Waals surface area contributed by atoms with Crippen molar-refractivity contribution in [3.05, 3.63) is 84.1 Å². The molecule has 1 N–H and O–H groups in total. The molecule has 0 radical (unpaired) electrons. The number of H-pyrrole nitrogens is 1. The molecule has 1 aliphatic rings. The van der Waals surface area contributed by atoms with Gasteiger partial charge in [0.05, 0.1) is 35.4 Å². The number of carbonyl (C=O) groups excluding carboxylic acids is 1. The molecule has 0 bridgehead atoms. The summed E-state index contributed by atoms with van der Waals surface area (Å²) < 4.78 is 5.31. The van der Waals surface area contributed by atoms with Gasteiger partial charge in [-0.3, -0.25) is 4.79 Å². The number of carbonyl (C=O) groups is 1. The number of nitrogens with zero attached hydrogens (tertiary/aromatic N) is 4. The molecule has 7 heteroatoms. The normalized spacial score (nSPS) is 16.0. The Morgan fingerprint density at radius 2 is 2.00 bits per heavy atom. The van der Waals surface area contributed by atoms with Crippen molar-refractivity contribution >= 4 is 16.9 Å². The van der Waals surface area contributed by atoms with E-state index >= 15 is 0 Å². The monoisotopic (exact) mass is 425 g/mol. The molecular formula is C25H23N5O2. The molecule has 7 nitrogen and oxygen atoms in total. The molecule has 0 aliphatic carbocycles. The predicted octanol–water partition coefficient (Wildman–Crippen LogP) is 4.48.